The van der Waals surface area contributed by atoms with E-state index in [1.165, 1.54) is 27.8 Å². The van der Waals surface area contributed by atoms with Crippen LogP contribution in [0.15, 0.2) is 206 Å². The molecule has 0 spiro atoms. The van der Waals surface area contributed by atoms with Gasteiger partial charge in [0.25, 0.3) is 0 Å². The van der Waals surface area contributed by atoms with Crippen molar-refractivity contribution in [3.05, 3.63) is 217 Å². The number of fused-ring (bicyclic) bond motifs is 5. The molecule has 0 unspecified atom stereocenters. The third-order valence-corrected chi connectivity index (χ3v) is 12.8. The molecule has 0 N–H and O–H groups in total. The zero-order chi connectivity index (χ0) is 43.5. The van der Waals surface area contributed by atoms with Gasteiger partial charge in [0.1, 0.15) is 0 Å². The fraction of sp³-hybridized carbons (Fsp3) is 0.0508. The van der Waals surface area contributed by atoms with Crippen LogP contribution in [0.1, 0.15) is 25.0 Å². The number of hydrogen-bond donors (Lipinski definition) is 0. The highest BCUT2D eigenvalue weighted by Crippen LogP contribution is 2.49. The Morgan fingerprint density at radius 2 is 0.646 bits per heavy atom. The Hall–Kier alpha value is -8.48. The Bertz CT molecular complexity index is 3570. The number of hydrogen-bond acceptors (Lipinski definition) is 6. The lowest BCUT2D eigenvalue weighted by Gasteiger charge is -2.21. The lowest BCUT2D eigenvalue weighted by molar-refractivity contribution is 0.660. The third-order valence-electron chi connectivity index (χ3n) is 12.8. The van der Waals surface area contributed by atoms with E-state index < -0.39 is 0 Å². The zero-order valence-electron chi connectivity index (χ0n) is 35.8. The van der Waals surface area contributed by atoms with E-state index in [9.17, 15) is 0 Å². The van der Waals surface area contributed by atoms with E-state index in [0.717, 1.165) is 60.5 Å². The summed E-state index contributed by atoms with van der Waals surface area (Å²) in [6, 6.07) is 71.7. The molecule has 65 heavy (non-hydrogen) atoms. The summed E-state index contributed by atoms with van der Waals surface area (Å²) < 4.78 is 0. The third kappa shape index (κ3) is 6.75. The quantitative estimate of drug-likeness (QED) is 0.159. The van der Waals surface area contributed by atoms with Crippen molar-refractivity contribution in [3.63, 3.8) is 0 Å². The van der Waals surface area contributed by atoms with Crippen molar-refractivity contribution in [2.75, 3.05) is 0 Å². The SMILES string of the molecule is CC1(C)c2ccccc2-c2ccc(-c3nc(-c4ccc5cc(-c6nc(-c7ccccc7)nc(-c7ccccc7)n6)ccc5c4)nc(-c4ccc(-c5ccccc5)c5ccccc45)n3)cc21. The minimum Gasteiger partial charge on any atom is -0.208 e. The summed E-state index contributed by atoms with van der Waals surface area (Å²) in [5, 5.41) is 4.32. The molecule has 11 aromatic rings. The molecule has 12 rings (SSSR count). The molecule has 2 aromatic heterocycles. The molecule has 6 nitrogen and oxygen atoms in total. The van der Waals surface area contributed by atoms with Crippen LogP contribution >= 0.6 is 0 Å². The van der Waals surface area contributed by atoms with Crippen LogP contribution in [-0.2, 0) is 5.41 Å². The maximum Gasteiger partial charge on any atom is 0.164 e. The fourth-order valence-electron chi connectivity index (χ4n) is 9.42. The van der Waals surface area contributed by atoms with Crippen molar-refractivity contribution in [2.45, 2.75) is 19.3 Å². The molecule has 1 aliphatic rings. The fourth-order valence-corrected chi connectivity index (χ4v) is 9.42. The first-order valence-electron chi connectivity index (χ1n) is 21.9. The number of nitrogens with zero attached hydrogens (tertiary/aromatic N) is 6. The summed E-state index contributed by atoms with van der Waals surface area (Å²) in [7, 11) is 0. The Morgan fingerprint density at radius 1 is 0.262 bits per heavy atom. The van der Waals surface area contributed by atoms with E-state index in [1.54, 1.807) is 0 Å². The minimum absolute atomic E-state index is 0.172. The maximum atomic E-state index is 5.30. The summed E-state index contributed by atoms with van der Waals surface area (Å²) in [6.07, 6.45) is 0. The molecule has 0 radical (unpaired) electrons. The average molecular weight is 833 g/mol. The molecule has 0 aliphatic heterocycles. The Balaban J connectivity index is 0.993. The average Bonchev–Trinajstić information content (AvgIpc) is 3.61. The molecule has 0 amide bonds. The maximum absolute atomic E-state index is 5.30. The highest BCUT2D eigenvalue weighted by Gasteiger charge is 2.35. The number of benzene rings is 9. The van der Waals surface area contributed by atoms with Gasteiger partial charge in [-0.2, -0.15) is 0 Å². The molecule has 0 saturated carbocycles. The highest BCUT2D eigenvalue weighted by molar-refractivity contribution is 6.04. The Labute approximate surface area is 377 Å². The molecular weight excluding hydrogens is 793 g/mol. The smallest absolute Gasteiger partial charge is 0.164 e. The van der Waals surface area contributed by atoms with Gasteiger partial charge in [-0.1, -0.05) is 196 Å². The van der Waals surface area contributed by atoms with Crippen LogP contribution in [0.25, 0.3) is 112 Å². The topological polar surface area (TPSA) is 77.3 Å². The molecule has 6 heteroatoms. The van der Waals surface area contributed by atoms with Crippen LogP contribution in [0.3, 0.4) is 0 Å². The van der Waals surface area contributed by atoms with Gasteiger partial charge in [0.2, 0.25) is 0 Å². The lowest BCUT2D eigenvalue weighted by Crippen LogP contribution is -2.15. The van der Waals surface area contributed by atoms with Crippen molar-refractivity contribution < 1.29 is 0 Å². The summed E-state index contributed by atoms with van der Waals surface area (Å²) >= 11 is 0. The first kappa shape index (κ1) is 38.2. The molecule has 0 fully saturated rings. The van der Waals surface area contributed by atoms with Crippen LogP contribution < -0.4 is 0 Å². The largest absolute Gasteiger partial charge is 0.208 e. The van der Waals surface area contributed by atoms with E-state index in [2.05, 4.69) is 159 Å². The highest BCUT2D eigenvalue weighted by atomic mass is 15.0. The van der Waals surface area contributed by atoms with Crippen LogP contribution in [-0.4, -0.2) is 29.9 Å². The van der Waals surface area contributed by atoms with Gasteiger partial charge in [-0.05, 0) is 79.2 Å². The summed E-state index contributed by atoms with van der Waals surface area (Å²) in [4.78, 5) is 30.7. The summed E-state index contributed by atoms with van der Waals surface area (Å²) in [6.45, 7) is 4.61. The first-order valence-corrected chi connectivity index (χ1v) is 21.9. The molecule has 0 bridgehead atoms. The van der Waals surface area contributed by atoms with E-state index in [1.807, 2.05) is 60.7 Å². The molecule has 0 saturated heterocycles. The van der Waals surface area contributed by atoms with Crippen LogP contribution in [0.5, 0.6) is 0 Å². The van der Waals surface area contributed by atoms with Crippen molar-refractivity contribution >= 4 is 21.5 Å². The molecule has 2 heterocycles. The molecule has 0 atom stereocenters. The summed E-state index contributed by atoms with van der Waals surface area (Å²) in [5.74, 6) is 3.73. The number of aromatic nitrogens is 6. The minimum atomic E-state index is -0.172. The second kappa shape index (κ2) is 15.4. The van der Waals surface area contributed by atoms with Gasteiger partial charge in [0.05, 0.1) is 0 Å². The molecule has 9 aromatic carbocycles. The molecule has 1 aliphatic carbocycles. The van der Waals surface area contributed by atoms with Gasteiger partial charge < -0.3 is 0 Å². The van der Waals surface area contributed by atoms with Gasteiger partial charge >= 0.3 is 0 Å². The monoisotopic (exact) mass is 832 g/mol. The zero-order valence-corrected chi connectivity index (χ0v) is 35.8. The predicted octanol–water partition coefficient (Wildman–Crippen LogP) is 14.3. The van der Waals surface area contributed by atoms with E-state index in [0.29, 0.717) is 34.9 Å². The Kier molecular flexibility index (Phi) is 9.05. The lowest BCUT2D eigenvalue weighted by atomic mass is 9.82. The van der Waals surface area contributed by atoms with Crippen LogP contribution in [0, 0.1) is 0 Å². The van der Waals surface area contributed by atoms with Crippen molar-refractivity contribution in [3.8, 4) is 90.6 Å². The van der Waals surface area contributed by atoms with Gasteiger partial charge in [-0.3, -0.25) is 0 Å². The van der Waals surface area contributed by atoms with Gasteiger partial charge in [0.15, 0.2) is 34.9 Å². The molecule has 306 valence electrons. The number of rotatable bonds is 7. The second-order valence-corrected chi connectivity index (χ2v) is 17.1. The Morgan fingerprint density at radius 3 is 1.22 bits per heavy atom. The first-order chi connectivity index (χ1) is 31.9. The van der Waals surface area contributed by atoms with E-state index in [4.69, 9.17) is 29.9 Å². The van der Waals surface area contributed by atoms with Gasteiger partial charge in [-0.15, -0.1) is 0 Å². The van der Waals surface area contributed by atoms with E-state index in [-0.39, 0.29) is 5.41 Å². The van der Waals surface area contributed by atoms with Gasteiger partial charge in [-0.25, -0.2) is 29.9 Å². The molecular formula is C59H40N6. The van der Waals surface area contributed by atoms with E-state index >= 15 is 0 Å². The van der Waals surface area contributed by atoms with Crippen LogP contribution in [0.4, 0.5) is 0 Å². The second-order valence-electron chi connectivity index (χ2n) is 17.1. The van der Waals surface area contributed by atoms with Crippen molar-refractivity contribution in [2.24, 2.45) is 0 Å². The predicted molar refractivity (Wildman–Crippen MR) is 264 cm³/mol. The van der Waals surface area contributed by atoms with Gasteiger partial charge in [0, 0.05) is 38.8 Å². The normalized spacial score (nSPS) is 12.6. The summed E-state index contributed by atoms with van der Waals surface area (Å²) in [5.41, 5.74) is 12.9. The van der Waals surface area contributed by atoms with Crippen LogP contribution in [0.2, 0.25) is 0 Å². The standard InChI is InChI=1S/C59H40N6/c1-59(2)51-25-15-14-24-48(51)49-31-30-44(36-52(49)59)57-63-56(64-58(65-57)50-33-32-45(37-16-6-3-7-17-37)46-22-12-13-23-47(46)50)43-29-27-40-34-42(28-26-41(40)35-43)55-61-53(38-18-8-4-9-19-38)60-54(62-55)39-20-10-5-11-21-39/h3-36H,1-2H3. The van der Waals surface area contributed by atoms with Crippen molar-refractivity contribution in [1.29, 1.82) is 0 Å². The van der Waals surface area contributed by atoms with Crippen molar-refractivity contribution in [1.82, 2.24) is 29.9 Å².